The predicted molar refractivity (Wildman–Crippen MR) is 126 cm³/mol. The molecular formula is C27H27N3O3. The van der Waals surface area contributed by atoms with Gasteiger partial charge in [0.15, 0.2) is 11.2 Å². The molecule has 2 heterocycles. The van der Waals surface area contributed by atoms with E-state index in [1.54, 1.807) is 32.4 Å². The van der Waals surface area contributed by atoms with Crippen molar-refractivity contribution in [3.8, 4) is 23.6 Å². The summed E-state index contributed by atoms with van der Waals surface area (Å²) < 4.78 is 10.9. The van der Waals surface area contributed by atoms with Gasteiger partial charge in [0.2, 0.25) is 0 Å². The standard InChI is InChI=1S/C27H27N3O3/c1-26(2,3)25(31)24-23(18-12-19(32-4)14-20(13-18)33-5)27(15-28,16-29)22-11-10-17-8-6-7-9-21(17)30(22)24/h6-14,22-24H,1-5H3/t22-,23+,24+/m0/s1. The third-order valence-electron chi connectivity index (χ3n) is 6.66. The summed E-state index contributed by atoms with van der Waals surface area (Å²) in [6.45, 7) is 5.62. The van der Waals surface area contributed by atoms with Crippen molar-refractivity contribution >= 4 is 17.5 Å². The molecule has 2 aromatic carbocycles. The van der Waals surface area contributed by atoms with Crippen LogP contribution in [-0.4, -0.2) is 32.1 Å². The zero-order valence-corrected chi connectivity index (χ0v) is 19.5. The second kappa shape index (κ2) is 7.98. The van der Waals surface area contributed by atoms with Gasteiger partial charge in [-0.25, -0.2) is 0 Å². The van der Waals surface area contributed by atoms with E-state index in [0.29, 0.717) is 17.1 Å². The first-order valence-electron chi connectivity index (χ1n) is 10.9. The Kier molecular flexibility index (Phi) is 5.42. The van der Waals surface area contributed by atoms with E-state index < -0.39 is 28.8 Å². The van der Waals surface area contributed by atoms with Crippen LogP contribution in [0.3, 0.4) is 0 Å². The van der Waals surface area contributed by atoms with E-state index >= 15 is 0 Å². The second-order valence-electron chi connectivity index (χ2n) is 9.55. The Morgan fingerprint density at radius 3 is 2.18 bits per heavy atom. The second-order valence-corrected chi connectivity index (χ2v) is 9.55. The first kappa shape index (κ1) is 22.4. The molecule has 0 unspecified atom stereocenters. The zero-order valence-electron chi connectivity index (χ0n) is 19.5. The number of rotatable bonds is 4. The number of para-hydroxylation sites is 1. The van der Waals surface area contributed by atoms with Gasteiger partial charge in [0.25, 0.3) is 0 Å². The third-order valence-corrected chi connectivity index (χ3v) is 6.66. The predicted octanol–water partition coefficient (Wildman–Crippen LogP) is 4.72. The monoisotopic (exact) mass is 441 g/mol. The molecule has 0 saturated carbocycles. The summed E-state index contributed by atoms with van der Waals surface area (Å²) in [7, 11) is 3.10. The molecule has 0 amide bonds. The number of nitriles is 2. The highest BCUT2D eigenvalue weighted by Crippen LogP contribution is 2.56. The molecule has 2 aliphatic rings. The topological polar surface area (TPSA) is 86.3 Å². The molecule has 0 aliphatic carbocycles. The average molecular weight is 442 g/mol. The van der Waals surface area contributed by atoms with Gasteiger partial charge in [0, 0.05) is 23.1 Å². The molecule has 0 bridgehead atoms. The molecule has 2 aromatic rings. The molecule has 3 atom stereocenters. The number of carbonyl (C=O) groups excluding carboxylic acids is 1. The molecule has 0 spiro atoms. The summed E-state index contributed by atoms with van der Waals surface area (Å²) in [6.07, 6.45) is 3.82. The van der Waals surface area contributed by atoms with E-state index in [1.165, 1.54) is 0 Å². The van der Waals surface area contributed by atoms with Crippen LogP contribution in [0.1, 0.15) is 37.8 Å². The molecule has 0 N–H and O–H groups in total. The largest absolute Gasteiger partial charge is 0.497 e. The van der Waals surface area contributed by atoms with Gasteiger partial charge in [0.05, 0.1) is 38.4 Å². The summed E-state index contributed by atoms with van der Waals surface area (Å²) in [5, 5.41) is 21.0. The van der Waals surface area contributed by atoms with Crippen molar-refractivity contribution in [2.24, 2.45) is 10.8 Å². The molecule has 0 aromatic heterocycles. The highest BCUT2D eigenvalue weighted by Gasteiger charge is 2.64. The van der Waals surface area contributed by atoms with Crippen molar-refractivity contribution in [2.45, 2.75) is 38.8 Å². The third kappa shape index (κ3) is 3.34. The van der Waals surface area contributed by atoms with E-state index in [1.807, 2.05) is 62.1 Å². The summed E-state index contributed by atoms with van der Waals surface area (Å²) in [5.74, 6) is 0.328. The van der Waals surface area contributed by atoms with Crippen LogP contribution in [-0.2, 0) is 4.79 Å². The molecule has 33 heavy (non-hydrogen) atoms. The maximum absolute atomic E-state index is 14.0. The Labute approximate surface area is 194 Å². The van der Waals surface area contributed by atoms with Crippen molar-refractivity contribution in [1.82, 2.24) is 0 Å². The fourth-order valence-corrected chi connectivity index (χ4v) is 5.06. The Hall–Kier alpha value is -3.77. The van der Waals surface area contributed by atoms with Crippen LogP contribution >= 0.6 is 0 Å². The van der Waals surface area contributed by atoms with Crippen LogP contribution in [0.2, 0.25) is 0 Å². The number of hydrogen-bond acceptors (Lipinski definition) is 6. The lowest BCUT2D eigenvalue weighted by molar-refractivity contribution is -0.127. The summed E-state index contributed by atoms with van der Waals surface area (Å²) in [5.41, 5.74) is 0.284. The number of Topliss-reactive ketones (excluding diaryl/α,β-unsaturated/α-hetero) is 1. The van der Waals surface area contributed by atoms with Gasteiger partial charge in [-0.1, -0.05) is 51.1 Å². The Morgan fingerprint density at radius 2 is 1.64 bits per heavy atom. The molecule has 4 rings (SSSR count). The van der Waals surface area contributed by atoms with Gasteiger partial charge in [-0.15, -0.1) is 0 Å². The van der Waals surface area contributed by atoms with E-state index in [9.17, 15) is 15.3 Å². The minimum Gasteiger partial charge on any atom is -0.497 e. The average Bonchev–Trinajstić information content (AvgIpc) is 3.13. The first-order valence-corrected chi connectivity index (χ1v) is 10.9. The van der Waals surface area contributed by atoms with Gasteiger partial charge in [-0.3, -0.25) is 4.79 Å². The van der Waals surface area contributed by atoms with Crippen molar-refractivity contribution < 1.29 is 14.3 Å². The van der Waals surface area contributed by atoms with Crippen LogP contribution < -0.4 is 14.4 Å². The minimum atomic E-state index is -1.49. The molecule has 1 fully saturated rings. The van der Waals surface area contributed by atoms with Crippen molar-refractivity contribution in [1.29, 1.82) is 10.5 Å². The number of carbonyl (C=O) groups is 1. The van der Waals surface area contributed by atoms with Crippen LogP contribution in [0.4, 0.5) is 5.69 Å². The van der Waals surface area contributed by atoms with Crippen LogP contribution in [0, 0.1) is 33.5 Å². The minimum absolute atomic E-state index is 0.0308. The van der Waals surface area contributed by atoms with E-state index in [0.717, 1.165) is 11.3 Å². The SMILES string of the molecule is COc1cc(OC)cc([C@@H]2[C@H](C(=O)C(C)(C)C)N3c4ccccc4C=C[C@H]3C2(C#N)C#N)c1. The summed E-state index contributed by atoms with van der Waals surface area (Å²) in [4.78, 5) is 16.0. The lowest BCUT2D eigenvalue weighted by Crippen LogP contribution is -2.47. The fourth-order valence-electron chi connectivity index (χ4n) is 5.06. The quantitative estimate of drug-likeness (QED) is 0.682. The van der Waals surface area contributed by atoms with Gasteiger partial charge in [-0.05, 0) is 29.3 Å². The lowest BCUT2D eigenvalue weighted by atomic mass is 9.67. The van der Waals surface area contributed by atoms with Crippen LogP contribution in [0.5, 0.6) is 11.5 Å². The number of hydrogen-bond donors (Lipinski definition) is 0. The van der Waals surface area contributed by atoms with Gasteiger partial charge < -0.3 is 14.4 Å². The number of methoxy groups -OCH3 is 2. The van der Waals surface area contributed by atoms with E-state index in [4.69, 9.17) is 9.47 Å². The Morgan fingerprint density at radius 1 is 1.03 bits per heavy atom. The number of ketones is 1. The molecule has 2 aliphatic heterocycles. The highest BCUT2D eigenvalue weighted by molar-refractivity contribution is 5.96. The number of nitrogens with zero attached hydrogens (tertiary/aromatic N) is 3. The van der Waals surface area contributed by atoms with E-state index in [2.05, 4.69) is 12.1 Å². The summed E-state index contributed by atoms with van der Waals surface area (Å²) in [6, 6.07) is 16.5. The van der Waals surface area contributed by atoms with Crippen molar-refractivity contribution in [3.05, 3.63) is 59.7 Å². The number of fused-ring (bicyclic) bond motifs is 3. The molecule has 1 saturated heterocycles. The maximum Gasteiger partial charge on any atom is 0.176 e. The number of benzene rings is 2. The smallest absolute Gasteiger partial charge is 0.176 e. The van der Waals surface area contributed by atoms with Crippen LogP contribution in [0.15, 0.2) is 48.5 Å². The van der Waals surface area contributed by atoms with Crippen molar-refractivity contribution in [2.75, 3.05) is 19.1 Å². The van der Waals surface area contributed by atoms with Gasteiger partial charge >= 0.3 is 0 Å². The summed E-state index contributed by atoms with van der Waals surface area (Å²) >= 11 is 0. The maximum atomic E-state index is 14.0. The van der Waals surface area contributed by atoms with Gasteiger partial charge in [-0.2, -0.15) is 10.5 Å². The molecule has 0 radical (unpaired) electrons. The lowest BCUT2D eigenvalue weighted by Gasteiger charge is -2.37. The Bertz CT molecular complexity index is 1180. The molecule has 168 valence electrons. The van der Waals surface area contributed by atoms with Gasteiger partial charge in [0.1, 0.15) is 11.5 Å². The number of ether oxygens (including phenoxy) is 2. The molecular weight excluding hydrogens is 414 g/mol. The zero-order chi connectivity index (χ0) is 24.0. The highest BCUT2D eigenvalue weighted by atomic mass is 16.5. The first-order chi connectivity index (χ1) is 15.7. The van der Waals surface area contributed by atoms with Crippen molar-refractivity contribution in [3.63, 3.8) is 0 Å². The van der Waals surface area contributed by atoms with E-state index in [-0.39, 0.29) is 5.78 Å². The van der Waals surface area contributed by atoms with Crippen LogP contribution in [0.25, 0.3) is 6.08 Å². The molecule has 6 heteroatoms. The normalized spacial score (nSPS) is 22.5. The number of anilines is 1. The fraction of sp³-hybridized carbons (Fsp3) is 0.370. The Balaban J connectivity index is 2.05. The molecule has 6 nitrogen and oxygen atoms in total.